The molecule has 2 rings (SSSR count). The van der Waals surface area contributed by atoms with Gasteiger partial charge in [-0.2, -0.15) is 0 Å². The zero-order valence-corrected chi connectivity index (χ0v) is 15.5. The Morgan fingerprint density at radius 2 is 1.77 bits per heavy atom. The van der Waals surface area contributed by atoms with Crippen LogP contribution in [-0.4, -0.2) is 33.7 Å². The van der Waals surface area contributed by atoms with E-state index in [0.717, 1.165) is 11.8 Å². The van der Waals surface area contributed by atoms with Gasteiger partial charge in [-0.1, -0.05) is 42.5 Å². The second-order valence-electron chi connectivity index (χ2n) is 5.99. The first-order valence-corrected chi connectivity index (χ1v) is 10.0. The minimum atomic E-state index is -3.20. The van der Waals surface area contributed by atoms with Gasteiger partial charge in [-0.3, -0.25) is 9.59 Å². The quantitative estimate of drug-likeness (QED) is 0.750. The lowest BCUT2D eigenvalue weighted by atomic mass is 10.0. The molecule has 0 aliphatic heterocycles. The van der Waals surface area contributed by atoms with Crippen molar-refractivity contribution < 1.29 is 22.7 Å². The van der Waals surface area contributed by atoms with Crippen LogP contribution in [0.5, 0.6) is 0 Å². The molecule has 0 aliphatic carbocycles. The van der Waals surface area contributed by atoms with Crippen molar-refractivity contribution in [3.63, 3.8) is 0 Å². The topological polar surface area (TPSA) is 89.5 Å². The molecule has 6 nitrogen and oxygen atoms in total. The number of carbonyl (C=O) groups excluding carboxylic acids is 2. The van der Waals surface area contributed by atoms with E-state index in [-0.39, 0.29) is 12.2 Å². The Morgan fingerprint density at radius 3 is 2.38 bits per heavy atom. The molecule has 0 unspecified atom stereocenters. The third-order valence-corrected chi connectivity index (χ3v) is 4.58. The third-order valence-electron chi connectivity index (χ3n) is 3.72. The molecule has 1 atom stereocenters. The van der Waals surface area contributed by atoms with E-state index in [1.807, 2.05) is 30.3 Å². The molecule has 2 aromatic rings. The van der Waals surface area contributed by atoms with Gasteiger partial charge in [0.2, 0.25) is 0 Å². The smallest absolute Gasteiger partial charge is 0.307 e. The van der Waals surface area contributed by atoms with Crippen LogP contribution in [0.3, 0.4) is 0 Å². The first kappa shape index (κ1) is 19.7. The average molecular weight is 375 g/mol. The molecule has 0 saturated carbocycles. The van der Waals surface area contributed by atoms with Crippen LogP contribution in [0.15, 0.2) is 54.6 Å². The molecule has 1 N–H and O–H groups in total. The van der Waals surface area contributed by atoms with Crippen molar-refractivity contribution in [2.45, 2.75) is 18.2 Å². The van der Waals surface area contributed by atoms with Gasteiger partial charge in [-0.25, -0.2) is 8.42 Å². The van der Waals surface area contributed by atoms with Gasteiger partial charge >= 0.3 is 5.97 Å². The molecule has 0 saturated heterocycles. The summed E-state index contributed by atoms with van der Waals surface area (Å²) in [7, 11) is -1.91. The number of rotatable bonds is 7. The van der Waals surface area contributed by atoms with Crippen LogP contribution >= 0.6 is 0 Å². The maximum absolute atomic E-state index is 12.6. The number of esters is 1. The Bertz CT molecular complexity index is 878. The highest BCUT2D eigenvalue weighted by atomic mass is 32.2. The van der Waals surface area contributed by atoms with Crippen molar-refractivity contribution in [2.24, 2.45) is 0 Å². The molecule has 0 aromatic heterocycles. The first-order chi connectivity index (χ1) is 12.3. The summed E-state index contributed by atoms with van der Waals surface area (Å²) in [6, 6.07) is 15.0. The zero-order valence-electron chi connectivity index (χ0n) is 14.6. The van der Waals surface area contributed by atoms with E-state index in [1.165, 1.54) is 13.2 Å². The Kier molecular flexibility index (Phi) is 6.52. The predicted octanol–water partition coefficient (Wildman–Crippen LogP) is 2.27. The van der Waals surface area contributed by atoms with Gasteiger partial charge in [0.05, 0.1) is 25.3 Å². The number of nitrogens with one attached hydrogen (secondary N) is 1. The number of sulfone groups is 1. The minimum Gasteiger partial charge on any atom is -0.469 e. The predicted molar refractivity (Wildman–Crippen MR) is 98.3 cm³/mol. The SMILES string of the molecule is COC(=O)C[C@@H](NC(=O)c1cccc(CS(C)(=O)=O)c1)c1ccccc1. The lowest BCUT2D eigenvalue weighted by molar-refractivity contribution is -0.141. The zero-order chi connectivity index (χ0) is 19.2. The van der Waals surface area contributed by atoms with Crippen molar-refractivity contribution in [2.75, 3.05) is 13.4 Å². The Hall–Kier alpha value is -2.67. The average Bonchev–Trinajstić information content (AvgIpc) is 2.60. The number of methoxy groups -OCH3 is 1. The lowest BCUT2D eigenvalue weighted by Crippen LogP contribution is -2.30. The number of hydrogen-bond donors (Lipinski definition) is 1. The summed E-state index contributed by atoms with van der Waals surface area (Å²) in [6.45, 7) is 0. The van der Waals surface area contributed by atoms with Gasteiger partial charge in [0, 0.05) is 11.8 Å². The molecule has 0 fully saturated rings. The van der Waals surface area contributed by atoms with Gasteiger partial charge in [0.25, 0.3) is 5.91 Å². The van der Waals surface area contributed by atoms with Crippen molar-refractivity contribution in [3.05, 3.63) is 71.3 Å². The number of ether oxygens (including phenoxy) is 1. The number of benzene rings is 2. The molecule has 0 radical (unpaired) electrons. The van der Waals surface area contributed by atoms with E-state index in [4.69, 9.17) is 4.74 Å². The molecule has 0 aliphatic rings. The van der Waals surface area contributed by atoms with E-state index in [9.17, 15) is 18.0 Å². The summed E-state index contributed by atoms with van der Waals surface area (Å²) < 4.78 is 27.6. The number of carbonyl (C=O) groups is 2. The van der Waals surface area contributed by atoms with Crippen LogP contribution in [0.2, 0.25) is 0 Å². The molecule has 26 heavy (non-hydrogen) atoms. The Labute approximate surface area is 153 Å². The van der Waals surface area contributed by atoms with Crippen LogP contribution < -0.4 is 5.32 Å². The molecule has 1 amide bonds. The molecular weight excluding hydrogens is 354 g/mol. The maximum atomic E-state index is 12.6. The van der Waals surface area contributed by atoms with Crippen molar-refractivity contribution in [3.8, 4) is 0 Å². The molecular formula is C19H21NO5S. The molecule has 0 spiro atoms. The van der Waals surface area contributed by atoms with Crippen molar-refractivity contribution in [1.29, 1.82) is 0 Å². The highest BCUT2D eigenvalue weighted by Crippen LogP contribution is 2.18. The highest BCUT2D eigenvalue weighted by Gasteiger charge is 2.20. The third kappa shape index (κ3) is 6.00. The van der Waals surface area contributed by atoms with Gasteiger partial charge in [0.1, 0.15) is 0 Å². The van der Waals surface area contributed by atoms with Gasteiger partial charge < -0.3 is 10.1 Å². The van der Waals surface area contributed by atoms with E-state index >= 15 is 0 Å². The van der Waals surface area contributed by atoms with Crippen LogP contribution in [-0.2, 0) is 25.1 Å². The van der Waals surface area contributed by atoms with Gasteiger partial charge in [0.15, 0.2) is 9.84 Å². The maximum Gasteiger partial charge on any atom is 0.307 e. The normalized spacial score (nSPS) is 12.2. The van der Waals surface area contributed by atoms with Crippen LogP contribution in [0.25, 0.3) is 0 Å². The summed E-state index contributed by atoms with van der Waals surface area (Å²) in [4.78, 5) is 24.3. The van der Waals surface area contributed by atoms with E-state index in [2.05, 4.69) is 5.32 Å². The Balaban J connectivity index is 2.21. The lowest BCUT2D eigenvalue weighted by Gasteiger charge is -2.18. The van der Waals surface area contributed by atoms with Crippen LogP contribution in [0.4, 0.5) is 0 Å². The second-order valence-corrected chi connectivity index (χ2v) is 8.13. The fourth-order valence-corrected chi connectivity index (χ4v) is 3.32. The first-order valence-electron chi connectivity index (χ1n) is 7.98. The fraction of sp³-hybridized carbons (Fsp3) is 0.263. The highest BCUT2D eigenvalue weighted by molar-refractivity contribution is 7.89. The summed E-state index contributed by atoms with van der Waals surface area (Å²) in [5.41, 5.74) is 1.64. The van der Waals surface area contributed by atoms with E-state index < -0.39 is 27.8 Å². The number of amides is 1. The minimum absolute atomic E-state index is 0.00468. The molecule has 0 bridgehead atoms. The van der Waals surface area contributed by atoms with Crippen LogP contribution in [0.1, 0.15) is 33.9 Å². The molecule has 2 aromatic carbocycles. The van der Waals surface area contributed by atoms with Gasteiger partial charge in [-0.05, 0) is 23.3 Å². The van der Waals surface area contributed by atoms with E-state index in [0.29, 0.717) is 11.1 Å². The fourth-order valence-electron chi connectivity index (χ4n) is 2.53. The van der Waals surface area contributed by atoms with Crippen LogP contribution in [0, 0.1) is 0 Å². The summed E-state index contributed by atoms with van der Waals surface area (Å²) in [6.07, 6.45) is 1.14. The summed E-state index contributed by atoms with van der Waals surface area (Å²) in [5, 5.41) is 2.82. The summed E-state index contributed by atoms with van der Waals surface area (Å²) >= 11 is 0. The monoisotopic (exact) mass is 375 g/mol. The number of hydrogen-bond acceptors (Lipinski definition) is 5. The standard InChI is InChI=1S/C19H21NO5S/c1-25-18(21)12-17(15-8-4-3-5-9-15)20-19(22)16-10-6-7-14(11-16)13-26(2,23)24/h3-11,17H,12-13H2,1-2H3,(H,20,22)/t17-/m1/s1. The van der Waals surface area contributed by atoms with E-state index in [1.54, 1.807) is 18.2 Å². The molecule has 138 valence electrons. The Morgan fingerprint density at radius 1 is 1.08 bits per heavy atom. The molecule has 7 heteroatoms. The second kappa shape index (κ2) is 8.62. The van der Waals surface area contributed by atoms with Crippen molar-refractivity contribution >= 4 is 21.7 Å². The van der Waals surface area contributed by atoms with Crippen molar-refractivity contribution in [1.82, 2.24) is 5.32 Å². The summed E-state index contributed by atoms with van der Waals surface area (Å²) in [5.74, 6) is -0.971. The van der Waals surface area contributed by atoms with Gasteiger partial charge in [-0.15, -0.1) is 0 Å². The largest absolute Gasteiger partial charge is 0.469 e. The molecule has 0 heterocycles.